The van der Waals surface area contributed by atoms with Crippen LogP contribution in [0.4, 0.5) is 5.82 Å². The van der Waals surface area contributed by atoms with Gasteiger partial charge in [0.2, 0.25) is 0 Å². The zero-order valence-corrected chi connectivity index (χ0v) is 12.2. The van der Waals surface area contributed by atoms with Crippen LogP contribution in [0.1, 0.15) is 12.2 Å². The second-order valence-corrected chi connectivity index (χ2v) is 4.92. The molecule has 0 bridgehead atoms. The molecule has 0 spiro atoms. The van der Waals surface area contributed by atoms with Crippen molar-refractivity contribution in [2.24, 2.45) is 0 Å². The molecule has 2 aromatic rings. The predicted molar refractivity (Wildman–Crippen MR) is 84.0 cm³/mol. The van der Waals surface area contributed by atoms with Gasteiger partial charge in [0.1, 0.15) is 11.6 Å². The monoisotopic (exact) mass is 293 g/mol. The van der Waals surface area contributed by atoms with Gasteiger partial charge in [-0.3, -0.25) is 4.90 Å². The van der Waals surface area contributed by atoms with Crippen LogP contribution in [0.3, 0.4) is 0 Å². The Morgan fingerprint density at radius 1 is 1.15 bits per heavy atom. The molecule has 5 nitrogen and oxygen atoms in total. The Hall–Kier alpha value is -1.43. The van der Waals surface area contributed by atoms with Crippen molar-refractivity contribution in [2.45, 2.75) is 13.0 Å². The van der Waals surface area contributed by atoms with Gasteiger partial charge in [-0.1, -0.05) is 12.1 Å². The number of rotatable bonds is 2. The molecule has 0 atom stereocenters. The van der Waals surface area contributed by atoms with Gasteiger partial charge in [-0.2, -0.15) is 0 Å². The van der Waals surface area contributed by atoms with Crippen molar-refractivity contribution < 1.29 is 0 Å². The smallest absolute Gasteiger partial charge is 0.145 e. The van der Waals surface area contributed by atoms with Gasteiger partial charge < -0.3 is 11.1 Å². The van der Waals surface area contributed by atoms with E-state index < -0.39 is 0 Å². The fourth-order valence-corrected chi connectivity index (χ4v) is 2.48. The highest BCUT2D eigenvalue weighted by atomic mass is 35.5. The van der Waals surface area contributed by atoms with Gasteiger partial charge in [-0.05, 0) is 31.6 Å². The van der Waals surface area contributed by atoms with Crippen LogP contribution in [-0.2, 0) is 6.54 Å². The van der Waals surface area contributed by atoms with E-state index in [0.29, 0.717) is 5.82 Å². The average Bonchev–Trinajstić information content (AvgIpc) is 2.67. The molecule has 0 unspecified atom stereocenters. The molecule has 0 aliphatic carbocycles. The number of nitrogens with zero attached hydrogens (tertiary/aromatic N) is 3. The maximum Gasteiger partial charge on any atom is 0.145 e. The zero-order valence-electron chi connectivity index (χ0n) is 11.4. The highest BCUT2D eigenvalue weighted by Crippen LogP contribution is 2.17. The Bertz CT molecular complexity index is 566. The van der Waals surface area contributed by atoms with Crippen LogP contribution in [0, 0.1) is 0 Å². The van der Waals surface area contributed by atoms with E-state index in [1.807, 2.05) is 24.3 Å². The lowest BCUT2D eigenvalue weighted by Crippen LogP contribution is -2.28. The van der Waals surface area contributed by atoms with Gasteiger partial charge in [0, 0.05) is 18.5 Å². The Kier molecular flexibility index (Phi) is 5.11. The number of nitrogens with one attached hydrogen (secondary N) is 1. The molecule has 1 fully saturated rings. The molecule has 0 saturated carbocycles. The summed E-state index contributed by atoms with van der Waals surface area (Å²) in [6, 6.07) is 7.89. The third-order valence-corrected chi connectivity index (χ3v) is 3.48. The number of nitrogen functional groups attached to an aromatic ring is 1. The molecule has 0 radical (unpaired) electrons. The van der Waals surface area contributed by atoms with Gasteiger partial charge in [-0.25, -0.2) is 9.97 Å². The first-order chi connectivity index (χ1) is 9.33. The molecule has 3 rings (SSSR count). The number of hydrogen-bond donors (Lipinski definition) is 2. The largest absolute Gasteiger partial charge is 0.383 e. The Morgan fingerprint density at radius 2 is 2.00 bits per heavy atom. The fraction of sp³-hybridized carbons (Fsp3) is 0.429. The number of nitrogens with two attached hydrogens (primary N) is 1. The zero-order chi connectivity index (χ0) is 13.1. The number of aromatic nitrogens is 2. The molecule has 2 heterocycles. The molecular weight excluding hydrogens is 274 g/mol. The summed E-state index contributed by atoms with van der Waals surface area (Å²) in [4.78, 5) is 11.4. The molecule has 0 amide bonds. The van der Waals surface area contributed by atoms with Crippen LogP contribution in [0.5, 0.6) is 0 Å². The lowest BCUT2D eigenvalue weighted by atomic mass is 10.2. The minimum atomic E-state index is 0. The summed E-state index contributed by atoms with van der Waals surface area (Å²) in [6.07, 6.45) is 1.17. The van der Waals surface area contributed by atoms with E-state index in [0.717, 1.165) is 49.5 Å². The van der Waals surface area contributed by atoms with Crippen LogP contribution < -0.4 is 11.1 Å². The second-order valence-electron chi connectivity index (χ2n) is 4.92. The number of anilines is 1. The van der Waals surface area contributed by atoms with E-state index in [-0.39, 0.29) is 12.4 Å². The summed E-state index contributed by atoms with van der Waals surface area (Å²) in [5.41, 5.74) is 6.94. The molecule has 1 aromatic carbocycles. The molecule has 1 aromatic heterocycles. The van der Waals surface area contributed by atoms with Crippen molar-refractivity contribution in [1.29, 1.82) is 0 Å². The Labute approximate surface area is 125 Å². The summed E-state index contributed by atoms with van der Waals surface area (Å²) >= 11 is 0. The van der Waals surface area contributed by atoms with Gasteiger partial charge in [-0.15, -0.1) is 12.4 Å². The Balaban J connectivity index is 0.00000147. The summed E-state index contributed by atoms with van der Waals surface area (Å²) in [5, 5.41) is 4.33. The van der Waals surface area contributed by atoms with E-state index in [2.05, 4.69) is 20.2 Å². The molecule has 6 heteroatoms. The standard InChI is InChI=1S/C14H19N5.ClH/c15-14-11-4-1-2-5-12(11)17-13(18-14)10-19-8-3-6-16-7-9-19;/h1-2,4-5,16H,3,6-10H2,(H2,15,17,18);1H. The van der Waals surface area contributed by atoms with Crippen LogP contribution in [0.2, 0.25) is 0 Å². The third-order valence-electron chi connectivity index (χ3n) is 3.48. The molecule has 108 valence electrons. The van der Waals surface area contributed by atoms with E-state index in [4.69, 9.17) is 5.73 Å². The fourth-order valence-electron chi connectivity index (χ4n) is 2.48. The van der Waals surface area contributed by atoms with Crippen LogP contribution >= 0.6 is 12.4 Å². The molecule has 1 aliphatic heterocycles. The van der Waals surface area contributed by atoms with Crippen molar-refractivity contribution in [1.82, 2.24) is 20.2 Å². The van der Waals surface area contributed by atoms with E-state index in [1.54, 1.807) is 0 Å². The first kappa shape index (κ1) is 15.0. The SMILES string of the molecule is Cl.Nc1nc(CN2CCCNCC2)nc2ccccc12. The molecular formula is C14H20ClN5. The van der Waals surface area contributed by atoms with Crippen molar-refractivity contribution in [3.8, 4) is 0 Å². The summed E-state index contributed by atoms with van der Waals surface area (Å²) < 4.78 is 0. The third kappa shape index (κ3) is 3.36. The predicted octanol–water partition coefficient (Wildman–Crippen LogP) is 1.43. The van der Waals surface area contributed by atoms with Gasteiger partial charge in [0.05, 0.1) is 12.1 Å². The number of halogens is 1. The first-order valence-corrected chi connectivity index (χ1v) is 6.77. The van der Waals surface area contributed by atoms with Crippen molar-refractivity contribution >= 4 is 29.1 Å². The Morgan fingerprint density at radius 3 is 2.90 bits per heavy atom. The molecule has 1 aliphatic rings. The second kappa shape index (κ2) is 6.83. The van der Waals surface area contributed by atoms with Crippen molar-refractivity contribution in [2.75, 3.05) is 31.9 Å². The molecule has 1 saturated heterocycles. The van der Waals surface area contributed by atoms with Crippen molar-refractivity contribution in [3.05, 3.63) is 30.1 Å². The highest BCUT2D eigenvalue weighted by molar-refractivity contribution is 5.87. The van der Waals surface area contributed by atoms with E-state index >= 15 is 0 Å². The van der Waals surface area contributed by atoms with Crippen molar-refractivity contribution in [3.63, 3.8) is 0 Å². The quantitative estimate of drug-likeness (QED) is 0.877. The van der Waals surface area contributed by atoms with E-state index in [9.17, 15) is 0 Å². The maximum atomic E-state index is 6.01. The number of para-hydroxylation sites is 1. The van der Waals surface area contributed by atoms with Crippen LogP contribution in [0.15, 0.2) is 24.3 Å². The summed E-state index contributed by atoms with van der Waals surface area (Å²) in [7, 11) is 0. The number of benzene rings is 1. The minimum absolute atomic E-state index is 0. The normalized spacial score (nSPS) is 16.6. The van der Waals surface area contributed by atoms with Crippen LogP contribution in [-0.4, -0.2) is 41.0 Å². The topological polar surface area (TPSA) is 67.1 Å². The van der Waals surface area contributed by atoms with Gasteiger partial charge in [0.15, 0.2) is 0 Å². The maximum absolute atomic E-state index is 6.01. The number of hydrogen-bond acceptors (Lipinski definition) is 5. The van der Waals surface area contributed by atoms with Gasteiger partial charge >= 0.3 is 0 Å². The lowest BCUT2D eigenvalue weighted by molar-refractivity contribution is 0.278. The highest BCUT2D eigenvalue weighted by Gasteiger charge is 2.12. The number of fused-ring (bicyclic) bond motifs is 1. The first-order valence-electron chi connectivity index (χ1n) is 6.77. The lowest BCUT2D eigenvalue weighted by Gasteiger charge is -2.18. The van der Waals surface area contributed by atoms with Gasteiger partial charge in [0.25, 0.3) is 0 Å². The molecule has 20 heavy (non-hydrogen) atoms. The summed E-state index contributed by atoms with van der Waals surface area (Å²) in [6.45, 7) is 5.02. The van der Waals surface area contributed by atoms with Crippen LogP contribution in [0.25, 0.3) is 10.9 Å². The van der Waals surface area contributed by atoms with E-state index in [1.165, 1.54) is 6.42 Å². The molecule has 3 N–H and O–H groups in total. The summed E-state index contributed by atoms with van der Waals surface area (Å²) in [5.74, 6) is 1.40. The average molecular weight is 294 g/mol. The minimum Gasteiger partial charge on any atom is -0.383 e.